The van der Waals surface area contributed by atoms with Crippen LogP contribution >= 0.6 is 0 Å². The Kier molecular flexibility index (Phi) is 3.55. The van der Waals surface area contributed by atoms with Crippen LogP contribution in [0.15, 0.2) is 11.6 Å². The molecule has 128 valence electrons. The number of aliphatic hydroxyl groups excluding tert-OH is 2. The van der Waals surface area contributed by atoms with Gasteiger partial charge in [0.1, 0.15) is 0 Å². The lowest BCUT2D eigenvalue weighted by Gasteiger charge is -2.59. The minimum atomic E-state index is -0.139. The summed E-state index contributed by atoms with van der Waals surface area (Å²) >= 11 is 0. The molecule has 1 unspecified atom stereocenters. The van der Waals surface area contributed by atoms with Crippen molar-refractivity contribution in [2.24, 2.45) is 34.5 Å². The normalized spacial score (nSPS) is 52.4. The highest BCUT2D eigenvalue weighted by atomic mass is 16.3. The standard InChI is InChI=1S/C20H30O3/c1-19-8-7-17-15(16(19)5-6-18(19)23)4-3-12-9-14(22)10-13(11-21)20(12,17)2/h9,13,15-18,21,23H,3-8,10-11H2,1-2H3/t13?,15-,16-,17-,18-,19-,20+/m0/s1. The van der Waals surface area contributed by atoms with Crippen LogP contribution in [0.5, 0.6) is 0 Å². The SMILES string of the molecule is C[C@]12CC[C@H]3[C@@H](CCC4=CC(=O)CC(CO)[C@@]43C)[C@@H]1CC[C@@H]2O. The molecule has 2 N–H and O–H groups in total. The minimum Gasteiger partial charge on any atom is -0.396 e. The van der Waals surface area contributed by atoms with Gasteiger partial charge in [-0.15, -0.1) is 0 Å². The number of rotatable bonds is 1. The molecule has 0 heterocycles. The van der Waals surface area contributed by atoms with Gasteiger partial charge >= 0.3 is 0 Å². The number of hydrogen-bond acceptors (Lipinski definition) is 3. The largest absolute Gasteiger partial charge is 0.396 e. The molecule has 4 rings (SSSR count). The molecule has 7 atom stereocenters. The molecular formula is C20H30O3. The minimum absolute atomic E-state index is 0.0134. The van der Waals surface area contributed by atoms with Crippen molar-refractivity contribution in [3.8, 4) is 0 Å². The first kappa shape index (κ1) is 15.8. The molecule has 3 saturated carbocycles. The van der Waals surface area contributed by atoms with Crippen LogP contribution in [0.25, 0.3) is 0 Å². The Hall–Kier alpha value is -0.670. The average molecular weight is 318 g/mol. The topological polar surface area (TPSA) is 57.5 Å². The Labute approximate surface area is 139 Å². The third-order valence-corrected chi connectivity index (χ3v) is 8.45. The van der Waals surface area contributed by atoms with Crippen LogP contribution < -0.4 is 0 Å². The second-order valence-electron chi connectivity index (χ2n) is 9.06. The van der Waals surface area contributed by atoms with Crippen molar-refractivity contribution in [1.29, 1.82) is 0 Å². The van der Waals surface area contributed by atoms with Crippen molar-refractivity contribution in [2.45, 2.75) is 64.9 Å². The molecule has 0 aliphatic heterocycles. The zero-order valence-corrected chi connectivity index (χ0v) is 14.4. The highest BCUT2D eigenvalue weighted by molar-refractivity contribution is 5.92. The maximum atomic E-state index is 12.0. The Bertz CT molecular complexity index is 553. The summed E-state index contributed by atoms with van der Waals surface area (Å²) in [7, 11) is 0. The maximum Gasteiger partial charge on any atom is 0.156 e. The predicted molar refractivity (Wildman–Crippen MR) is 88.7 cm³/mol. The fraction of sp³-hybridized carbons (Fsp3) is 0.850. The second kappa shape index (κ2) is 5.16. The molecule has 0 aromatic heterocycles. The summed E-state index contributed by atoms with van der Waals surface area (Å²) in [6, 6.07) is 0. The van der Waals surface area contributed by atoms with E-state index in [1.54, 1.807) is 0 Å². The summed E-state index contributed by atoms with van der Waals surface area (Å²) in [5, 5.41) is 20.5. The van der Waals surface area contributed by atoms with Gasteiger partial charge in [-0.1, -0.05) is 19.4 Å². The number of aliphatic hydroxyl groups is 2. The van der Waals surface area contributed by atoms with E-state index in [0.717, 1.165) is 38.5 Å². The van der Waals surface area contributed by atoms with Crippen molar-refractivity contribution < 1.29 is 15.0 Å². The molecule has 3 heteroatoms. The van der Waals surface area contributed by atoms with Gasteiger partial charge in [0.2, 0.25) is 0 Å². The van der Waals surface area contributed by atoms with E-state index in [4.69, 9.17) is 0 Å². The summed E-state index contributed by atoms with van der Waals surface area (Å²) in [5.74, 6) is 2.11. The predicted octanol–water partition coefficient (Wildman–Crippen LogP) is 3.10. The van der Waals surface area contributed by atoms with Crippen LogP contribution in [0.3, 0.4) is 0 Å². The first-order chi connectivity index (χ1) is 10.9. The van der Waals surface area contributed by atoms with Crippen LogP contribution in [0.1, 0.15) is 58.8 Å². The molecular weight excluding hydrogens is 288 g/mol. The van der Waals surface area contributed by atoms with Gasteiger partial charge in [-0.2, -0.15) is 0 Å². The van der Waals surface area contributed by atoms with Crippen LogP contribution in [0, 0.1) is 34.5 Å². The van der Waals surface area contributed by atoms with E-state index in [-0.39, 0.29) is 35.2 Å². The van der Waals surface area contributed by atoms with Gasteiger partial charge in [-0.25, -0.2) is 0 Å². The summed E-state index contributed by atoms with van der Waals surface area (Å²) < 4.78 is 0. The van der Waals surface area contributed by atoms with Gasteiger partial charge in [0.25, 0.3) is 0 Å². The van der Waals surface area contributed by atoms with Crippen molar-refractivity contribution in [3.63, 3.8) is 0 Å². The lowest BCUT2D eigenvalue weighted by molar-refractivity contribution is -0.124. The van der Waals surface area contributed by atoms with Gasteiger partial charge in [0, 0.05) is 13.0 Å². The molecule has 0 saturated heterocycles. The number of ketones is 1. The van der Waals surface area contributed by atoms with E-state index in [9.17, 15) is 15.0 Å². The molecule has 0 radical (unpaired) electrons. The van der Waals surface area contributed by atoms with Crippen LogP contribution in [0.2, 0.25) is 0 Å². The molecule has 4 aliphatic rings. The molecule has 3 nitrogen and oxygen atoms in total. The Balaban J connectivity index is 1.72. The van der Waals surface area contributed by atoms with E-state index in [1.807, 2.05) is 6.08 Å². The third kappa shape index (κ3) is 1.99. The average Bonchev–Trinajstić information content (AvgIpc) is 2.83. The van der Waals surface area contributed by atoms with Gasteiger partial charge in [-0.05, 0) is 79.1 Å². The lowest BCUT2D eigenvalue weighted by Crippen LogP contribution is -2.54. The number of fused-ring (bicyclic) bond motifs is 5. The molecule has 4 aliphatic carbocycles. The molecule has 0 aromatic rings. The summed E-state index contributed by atoms with van der Waals surface area (Å²) in [6.45, 7) is 4.73. The van der Waals surface area contributed by atoms with E-state index in [1.165, 1.54) is 5.57 Å². The molecule has 3 fully saturated rings. The quantitative estimate of drug-likeness (QED) is 0.781. The summed E-state index contributed by atoms with van der Waals surface area (Å²) in [6.07, 6.45) is 8.75. The lowest BCUT2D eigenvalue weighted by atomic mass is 9.45. The van der Waals surface area contributed by atoms with Gasteiger partial charge in [0.15, 0.2) is 5.78 Å². The fourth-order valence-corrected chi connectivity index (χ4v) is 6.99. The van der Waals surface area contributed by atoms with Gasteiger partial charge < -0.3 is 10.2 Å². The number of allylic oxidation sites excluding steroid dienone is 1. The molecule has 0 spiro atoms. The first-order valence-electron chi connectivity index (χ1n) is 9.44. The Morgan fingerprint density at radius 3 is 2.70 bits per heavy atom. The van der Waals surface area contributed by atoms with Crippen LogP contribution in [-0.2, 0) is 4.79 Å². The Morgan fingerprint density at radius 1 is 1.17 bits per heavy atom. The highest BCUT2D eigenvalue weighted by Crippen LogP contribution is 2.66. The van der Waals surface area contributed by atoms with E-state index < -0.39 is 0 Å². The number of hydrogen-bond donors (Lipinski definition) is 2. The molecule has 23 heavy (non-hydrogen) atoms. The smallest absolute Gasteiger partial charge is 0.156 e. The van der Waals surface area contributed by atoms with Crippen LogP contribution in [-0.4, -0.2) is 28.7 Å². The van der Waals surface area contributed by atoms with E-state index in [0.29, 0.717) is 24.2 Å². The number of carbonyl (C=O) groups is 1. The zero-order valence-electron chi connectivity index (χ0n) is 14.4. The fourth-order valence-electron chi connectivity index (χ4n) is 6.99. The molecule has 0 bridgehead atoms. The van der Waals surface area contributed by atoms with Crippen molar-refractivity contribution in [3.05, 3.63) is 11.6 Å². The summed E-state index contributed by atoms with van der Waals surface area (Å²) in [4.78, 5) is 12.0. The van der Waals surface area contributed by atoms with Gasteiger partial charge in [-0.3, -0.25) is 4.79 Å². The first-order valence-corrected chi connectivity index (χ1v) is 9.44. The number of carbonyl (C=O) groups excluding carboxylic acids is 1. The third-order valence-electron chi connectivity index (χ3n) is 8.45. The van der Waals surface area contributed by atoms with E-state index in [2.05, 4.69) is 13.8 Å². The molecule has 0 aromatic carbocycles. The Morgan fingerprint density at radius 2 is 1.96 bits per heavy atom. The van der Waals surface area contributed by atoms with Crippen molar-refractivity contribution in [1.82, 2.24) is 0 Å². The van der Waals surface area contributed by atoms with Crippen LogP contribution in [0.4, 0.5) is 0 Å². The summed E-state index contributed by atoms with van der Waals surface area (Å²) in [5.41, 5.74) is 1.38. The monoisotopic (exact) mass is 318 g/mol. The molecule has 0 amide bonds. The van der Waals surface area contributed by atoms with Crippen molar-refractivity contribution >= 4 is 5.78 Å². The maximum absolute atomic E-state index is 12.0. The van der Waals surface area contributed by atoms with Crippen molar-refractivity contribution in [2.75, 3.05) is 6.61 Å². The van der Waals surface area contributed by atoms with Gasteiger partial charge in [0.05, 0.1) is 6.10 Å². The second-order valence-corrected chi connectivity index (χ2v) is 9.06. The zero-order chi connectivity index (χ0) is 16.4. The van der Waals surface area contributed by atoms with E-state index >= 15 is 0 Å². The highest BCUT2D eigenvalue weighted by Gasteiger charge is 2.60.